The topological polar surface area (TPSA) is 58.6 Å². The third-order valence-corrected chi connectivity index (χ3v) is 2.92. The first-order valence-electron chi connectivity index (χ1n) is 6.27. The minimum absolute atomic E-state index is 0.0144. The number of hydrogen-bond donors (Lipinski definition) is 1. The zero-order valence-electron chi connectivity index (χ0n) is 10.9. The molecule has 0 unspecified atom stereocenters. The largest absolute Gasteiger partial charge is 0.465 e. The highest BCUT2D eigenvalue weighted by Crippen LogP contribution is 2.18. The summed E-state index contributed by atoms with van der Waals surface area (Å²) in [6, 6.07) is 0.100. The summed E-state index contributed by atoms with van der Waals surface area (Å²) in [5, 5.41) is 2.92. The number of rotatable bonds is 5. The summed E-state index contributed by atoms with van der Waals surface area (Å²) < 4.78 is 4.86. The van der Waals surface area contributed by atoms with Gasteiger partial charge in [-0.25, -0.2) is 4.79 Å². The average molecular weight is 242 g/mol. The van der Waals surface area contributed by atoms with Crippen molar-refractivity contribution in [1.29, 1.82) is 0 Å². The molecule has 1 rings (SSSR count). The summed E-state index contributed by atoms with van der Waals surface area (Å²) in [7, 11) is 0. The summed E-state index contributed by atoms with van der Waals surface area (Å²) >= 11 is 0. The van der Waals surface area contributed by atoms with Gasteiger partial charge in [-0.3, -0.25) is 4.79 Å². The summed E-state index contributed by atoms with van der Waals surface area (Å²) in [6.07, 6.45) is 3.25. The number of amides is 2. The molecular formula is C12H22N2O3. The van der Waals surface area contributed by atoms with Gasteiger partial charge in [0.1, 0.15) is 6.54 Å². The summed E-state index contributed by atoms with van der Waals surface area (Å²) in [4.78, 5) is 24.8. The lowest BCUT2D eigenvalue weighted by molar-refractivity contribution is -0.144. The minimum atomic E-state index is -0.357. The van der Waals surface area contributed by atoms with E-state index in [9.17, 15) is 9.59 Å². The van der Waals surface area contributed by atoms with E-state index < -0.39 is 0 Å². The van der Waals surface area contributed by atoms with Crippen LogP contribution in [0, 0.1) is 0 Å². The van der Waals surface area contributed by atoms with Crippen LogP contribution in [0.1, 0.15) is 40.0 Å². The van der Waals surface area contributed by atoms with Crippen LogP contribution < -0.4 is 5.32 Å². The van der Waals surface area contributed by atoms with Crippen molar-refractivity contribution in [2.24, 2.45) is 0 Å². The second-order valence-electron chi connectivity index (χ2n) is 4.60. The number of esters is 1. The Kier molecular flexibility index (Phi) is 5.25. The molecule has 0 aromatic rings. The van der Waals surface area contributed by atoms with E-state index in [0.717, 1.165) is 12.8 Å². The van der Waals surface area contributed by atoms with Gasteiger partial charge in [0.15, 0.2) is 0 Å². The second kappa shape index (κ2) is 6.47. The molecule has 1 fully saturated rings. The van der Waals surface area contributed by atoms with Gasteiger partial charge in [0.25, 0.3) is 0 Å². The van der Waals surface area contributed by atoms with Crippen molar-refractivity contribution in [2.75, 3.05) is 13.2 Å². The van der Waals surface area contributed by atoms with E-state index >= 15 is 0 Å². The molecule has 1 aliphatic rings. The lowest BCUT2D eigenvalue weighted by atomic mass is 9.93. The molecule has 0 aliphatic heterocycles. The van der Waals surface area contributed by atoms with Gasteiger partial charge in [-0.15, -0.1) is 0 Å². The monoisotopic (exact) mass is 242 g/mol. The maximum atomic E-state index is 11.9. The zero-order valence-corrected chi connectivity index (χ0v) is 10.9. The number of carbonyl (C=O) groups excluding carboxylic acids is 2. The first kappa shape index (κ1) is 13.8. The maximum absolute atomic E-state index is 11.9. The van der Waals surface area contributed by atoms with Gasteiger partial charge in [-0.2, -0.15) is 0 Å². The molecule has 5 heteroatoms. The van der Waals surface area contributed by atoms with Gasteiger partial charge >= 0.3 is 12.0 Å². The molecule has 98 valence electrons. The normalized spacial score (nSPS) is 15.3. The molecule has 0 heterocycles. The van der Waals surface area contributed by atoms with Gasteiger partial charge in [-0.1, -0.05) is 0 Å². The Hall–Kier alpha value is -1.26. The number of urea groups is 1. The van der Waals surface area contributed by atoms with Crippen molar-refractivity contribution in [2.45, 2.75) is 52.1 Å². The molecule has 2 amide bonds. The lowest BCUT2D eigenvalue weighted by Crippen LogP contribution is -2.51. The molecule has 17 heavy (non-hydrogen) atoms. The fourth-order valence-electron chi connectivity index (χ4n) is 1.64. The predicted molar refractivity (Wildman–Crippen MR) is 64.6 cm³/mol. The number of ether oxygens (including phenoxy) is 1. The maximum Gasteiger partial charge on any atom is 0.325 e. The van der Waals surface area contributed by atoms with E-state index in [1.807, 2.05) is 13.8 Å². The highest BCUT2D eigenvalue weighted by atomic mass is 16.5. The Morgan fingerprint density at radius 3 is 2.47 bits per heavy atom. The van der Waals surface area contributed by atoms with E-state index in [-0.39, 0.29) is 30.6 Å². The third-order valence-electron chi connectivity index (χ3n) is 2.92. The van der Waals surface area contributed by atoms with E-state index in [2.05, 4.69) is 5.32 Å². The Bertz CT molecular complexity index is 275. The van der Waals surface area contributed by atoms with Crippen molar-refractivity contribution in [3.8, 4) is 0 Å². The number of nitrogens with zero attached hydrogens (tertiary/aromatic N) is 1. The summed E-state index contributed by atoms with van der Waals surface area (Å²) in [6.45, 7) is 5.89. The van der Waals surface area contributed by atoms with Gasteiger partial charge in [0.2, 0.25) is 0 Å². The molecular weight excluding hydrogens is 220 g/mol. The highest BCUT2D eigenvalue weighted by Gasteiger charge is 2.25. The van der Waals surface area contributed by atoms with Crippen molar-refractivity contribution in [3.05, 3.63) is 0 Å². The van der Waals surface area contributed by atoms with Crippen LogP contribution in [-0.2, 0) is 9.53 Å². The Morgan fingerprint density at radius 2 is 2.06 bits per heavy atom. The molecule has 0 saturated heterocycles. The zero-order chi connectivity index (χ0) is 12.8. The SMILES string of the molecule is CCOC(=O)CN(C(=O)NC1CCC1)C(C)C. The van der Waals surface area contributed by atoms with Crippen LogP contribution in [0.4, 0.5) is 4.79 Å². The van der Waals surface area contributed by atoms with Crippen LogP contribution in [0.25, 0.3) is 0 Å². The standard InChI is InChI=1S/C12H22N2O3/c1-4-17-11(15)8-14(9(2)3)12(16)13-10-6-5-7-10/h9-10H,4-8H2,1-3H3,(H,13,16). The second-order valence-corrected chi connectivity index (χ2v) is 4.60. The summed E-state index contributed by atoms with van der Waals surface area (Å²) in [5.41, 5.74) is 0. The van der Waals surface area contributed by atoms with Crippen molar-refractivity contribution < 1.29 is 14.3 Å². The molecule has 0 aromatic carbocycles. The van der Waals surface area contributed by atoms with Crippen LogP contribution in [0.15, 0.2) is 0 Å². The van der Waals surface area contributed by atoms with Crippen LogP contribution in [0.5, 0.6) is 0 Å². The Morgan fingerprint density at radius 1 is 1.41 bits per heavy atom. The molecule has 0 aromatic heterocycles. The fourth-order valence-corrected chi connectivity index (χ4v) is 1.64. The van der Waals surface area contributed by atoms with E-state index in [1.165, 1.54) is 11.3 Å². The summed E-state index contributed by atoms with van der Waals surface area (Å²) in [5.74, 6) is -0.357. The molecule has 0 bridgehead atoms. The molecule has 0 radical (unpaired) electrons. The number of hydrogen-bond acceptors (Lipinski definition) is 3. The average Bonchev–Trinajstić information content (AvgIpc) is 2.19. The third kappa shape index (κ3) is 4.24. The van der Waals surface area contributed by atoms with Crippen LogP contribution >= 0.6 is 0 Å². The molecule has 0 atom stereocenters. The highest BCUT2D eigenvalue weighted by molar-refractivity contribution is 5.81. The lowest BCUT2D eigenvalue weighted by Gasteiger charge is -2.32. The molecule has 1 aliphatic carbocycles. The number of carbonyl (C=O) groups is 2. The molecule has 0 spiro atoms. The Labute approximate surface area is 102 Å². The molecule has 1 saturated carbocycles. The molecule has 1 N–H and O–H groups in total. The van der Waals surface area contributed by atoms with E-state index in [1.54, 1.807) is 6.92 Å². The van der Waals surface area contributed by atoms with Crippen molar-refractivity contribution >= 4 is 12.0 Å². The molecule has 5 nitrogen and oxygen atoms in total. The first-order chi connectivity index (χ1) is 8.04. The minimum Gasteiger partial charge on any atom is -0.465 e. The Balaban J connectivity index is 2.45. The van der Waals surface area contributed by atoms with Crippen molar-refractivity contribution in [1.82, 2.24) is 10.2 Å². The van der Waals surface area contributed by atoms with Gasteiger partial charge < -0.3 is 15.0 Å². The van der Waals surface area contributed by atoms with Crippen LogP contribution in [0.2, 0.25) is 0 Å². The van der Waals surface area contributed by atoms with Crippen LogP contribution in [-0.4, -0.2) is 42.1 Å². The number of nitrogens with one attached hydrogen (secondary N) is 1. The fraction of sp³-hybridized carbons (Fsp3) is 0.833. The predicted octanol–water partition coefficient (Wildman–Crippen LogP) is 1.52. The van der Waals surface area contributed by atoms with Crippen LogP contribution in [0.3, 0.4) is 0 Å². The van der Waals surface area contributed by atoms with Gasteiger partial charge in [0, 0.05) is 12.1 Å². The van der Waals surface area contributed by atoms with Gasteiger partial charge in [-0.05, 0) is 40.0 Å². The smallest absolute Gasteiger partial charge is 0.325 e. The van der Waals surface area contributed by atoms with E-state index in [4.69, 9.17) is 4.74 Å². The van der Waals surface area contributed by atoms with Gasteiger partial charge in [0.05, 0.1) is 6.61 Å². The van der Waals surface area contributed by atoms with Crippen molar-refractivity contribution in [3.63, 3.8) is 0 Å². The van der Waals surface area contributed by atoms with E-state index in [0.29, 0.717) is 6.61 Å². The quantitative estimate of drug-likeness (QED) is 0.744. The first-order valence-corrected chi connectivity index (χ1v) is 6.27.